The Morgan fingerprint density at radius 2 is 0.769 bits per heavy atom. The summed E-state index contributed by atoms with van der Waals surface area (Å²) in [6.45, 7) is 7.58. The fourth-order valence-corrected chi connectivity index (χ4v) is 3.55. The zero-order valence-electron chi connectivity index (χ0n) is 18.5. The summed E-state index contributed by atoms with van der Waals surface area (Å²) >= 11 is 0. The van der Waals surface area contributed by atoms with Crippen LogP contribution >= 0.6 is 0 Å². The Balaban J connectivity index is 2.95. The molecule has 0 aliphatic carbocycles. The minimum atomic E-state index is 0.938. The van der Waals surface area contributed by atoms with Crippen LogP contribution in [0.25, 0.3) is 0 Å². The van der Waals surface area contributed by atoms with Crippen molar-refractivity contribution < 1.29 is 4.74 Å². The second kappa shape index (κ2) is 25.0. The molecule has 0 spiro atoms. The predicted octanol–water partition coefficient (Wildman–Crippen LogP) is 9.40. The van der Waals surface area contributed by atoms with Gasteiger partial charge in [0.2, 0.25) is 0 Å². The molecule has 0 aliphatic rings. The molecular formula is C25H51O. The lowest BCUT2D eigenvalue weighted by Gasteiger charge is -2.05. The summed E-state index contributed by atoms with van der Waals surface area (Å²) in [5, 5.41) is 0. The first-order valence-electron chi connectivity index (χ1n) is 12.3. The van der Waals surface area contributed by atoms with Crippen molar-refractivity contribution in [3.63, 3.8) is 0 Å². The quantitative estimate of drug-likeness (QED) is 0.163. The van der Waals surface area contributed by atoms with Crippen LogP contribution in [0.3, 0.4) is 0 Å². The Kier molecular flexibility index (Phi) is 24.9. The minimum absolute atomic E-state index is 0.938. The fraction of sp³-hybridized carbons (Fsp3) is 0.960. The van der Waals surface area contributed by atoms with Crippen molar-refractivity contribution in [1.29, 1.82) is 0 Å². The molecule has 0 aromatic carbocycles. The maximum atomic E-state index is 5.66. The van der Waals surface area contributed by atoms with Gasteiger partial charge in [-0.25, -0.2) is 0 Å². The molecule has 0 fully saturated rings. The third kappa shape index (κ3) is 24.0. The summed E-state index contributed by atoms with van der Waals surface area (Å²) in [6, 6.07) is 0. The Hall–Kier alpha value is -0.0400. The second-order valence-corrected chi connectivity index (χ2v) is 8.19. The maximum Gasteiger partial charge on any atom is 0.0836 e. The van der Waals surface area contributed by atoms with Crippen LogP contribution in [0.4, 0.5) is 0 Å². The monoisotopic (exact) mass is 367 g/mol. The third-order valence-electron chi connectivity index (χ3n) is 5.41. The minimum Gasteiger partial charge on any atom is -0.376 e. The molecule has 0 saturated carbocycles. The zero-order chi connectivity index (χ0) is 19.0. The van der Waals surface area contributed by atoms with Crippen LogP contribution in [0.15, 0.2) is 0 Å². The van der Waals surface area contributed by atoms with E-state index in [1.54, 1.807) is 0 Å². The molecular weight excluding hydrogens is 316 g/mol. The highest BCUT2D eigenvalue weighted by atomic mass is 16.5. The van der Waals surface area contributed by atoms with E-state index in [0.29, 0.717) is 0 Å². The van der Waals surface area contributed by atoms with Crippen molar-refractivity contribution in [2.75, 3.05) is 6.61 Å². The van der Waals surface area contributed by atoms with Gasteiger partial charge in [-0.15, -0.1) is 0 Å². The molecule has 0 aliphatic heterocycles. The standard InChI is InChI=1S/C25H51O/c1-3-5-7-9-11-13-14-15-17-19-21-23-25-26-24-22-20-18-16-12-10-8-6-4-2/h25H,3-24H2,1-2H3. The molecule has 157 valence electrons. The van der Waals surface area contributed by atoms with E-state index in [2.05, 4.69) is 20.5 Å². The largest absolute Gasteiger partial charge is 0.376 e. The summed E-state index contributed by atoms with van der Waals surface area (Å²) in [5.41, 5.74) is 0. The van der Waals surface area contributed by atoms with E-state index < -0.39 is 0 Å². The highest BCUT2D eigenvalue weighted by Crippen LogP contribution is 2.13. The van der Waals surface area contributed by atoms with Crippen LogP contribution in [0.2, 0.25) is 0 Å². The van der Waals surface area contributed by atoms with Gasteiger partial charge < -0.3 is 4.74 Å². The van der Waals surface area contributed by atoms with Crippen LogP contribution in [0.5, 0.6) is 0 Å². The molecule has 0 atom stereocenters. The summed E-state index contributed by atoms with van der Waals surface area (Å²) in [6.07, 6.45) is 29.3. The lowest BCUT2D eigenvalue weighted by molar-refractivity contribution is 0.183. The van der Waals surface area contributed by atoms with E-state index in [9.17, 15) is 0 Å². The van der Waals surface area contributed by atoms with Gasteiger partial charge in [0.25, 0.3) is 0 Å². The van der Waals surface area contributed by atoms with Gasteiger partial charge in [0.15, 0.2) is 0 Å². The number of rotatable bonds is 23. The summed E-state index contributed by atoms with van der Waals surface area (Å²) in [5.74, 6) is 0. The Morgan fingerprint density at radius 3 is 1.19 bits per heavy atom. The van der Waals surface area contributed by atoms with Gasteiger partial charge in [-0.2, -0.15) is 0 Å². The van der Waals surface area contributed by atoms with Crippen molar-refractivity contribution in [1.82, 2.24) is 0 Å². The van der Waals surface area contributed by atoms with Crippen LogP contribution < -0.4 is 0 Å². The van der Waals surface area contributed by atoms with Crippen LogP contribution in [-0.4, -0.2) is 6.61 Å². The van der Waals surface area contributed by atoms with Gasteiger partial charge in [-0.05, 0) is 12.8 Å². The van der Waals surface area contributed by atoms with E-state index in [0.717, 1.165) is 13.0 Å². The topological polar surface area (TPSA) is 9.23 Å². The highest BCUT2D eigenvalue weighted by Gasteiger charge is 1.95. The zero-order valence-corrected chi connectivity index (χ0v) is 18.5. The van der Waals surface area contributed by atoms with Gasteiger partial charge in [0.1, 0.15) is 0 Å². The molecule has 0 unspecified atom stereocenters. The predicted molar refractivity (Wildman–Crippen MR) is 119 cm³/mol. The van der Waals surface area contributed by atoms with Crippen molar-refractivity contribution in [3.8, 4) is 0 Å². The van der Waals surface area contributed by atoms with Gasteiger partial charge in [0.05, 0.1) is 6.61 Å². The van der Waals surface area contributed by atoms with Crippen molar-refractivity contribution in [3.05, 3.63) is 6.61 Å². The van der Waals surface area contributed by atoms with Gasteiger partial charge >= 0.3 is 0 Å². The van der Waals surface area contributed by atoms with Crippen LogP contribution in [-0.2, 0) is 4.74 Å². The van der Waals surface area contributed by atoms with E-state index in [4.69, 9.17) is 4.74 Å². The molecule has 1 heteroatoms. The lowest BCUT2D eigenvalue weighted by Crippen LogP contribution is -1.92. The molecule has 1 nitrogen and oxygen atoms in total. The second-order valence-electron chi connectivity index (χ2n) is 8.19. The van der Waals surface area contributed by atoms with E-state index >= 15 is 0 Å². The summed E-state index contributed by atoms with van der Waals surface area (Å²) in [7, 11) is 0. The molecule has 0 amide bonds. The molecule has 26 heavy (non-hydrogen) atoms. The van der Waals surface area contributed by atoms with Crippen molar-refractivity contribution >= 4 is 0 Å². The lowest BCUT2D eigenvalue weighted by atomic mass is 10.1. The normalized spacial score (nSPS) is 11.3. The molecule has 0 N–H and O–H groups in total. The number of hydrogen-bond donors (Lipinski definition) is 0. The SMILES string of the molecule is CCCCCCCCCCCCC[CH]OCCCCCCCCCCC. The van der Waals surface area contributed by atoms with E-state index in [1.807, 2.05) is 0 Å². The molecule has 0 heterocycles. The first kappa shape index (κ1) is 26.0. The molecule has 1 radical (unpaired) electrons. The van der Waals surface area contributed by atoms with Gasteiger partial charge in [0, 0.05) is 6.61 Å². The van der Waals surface area contributed by atoms with Crippen molar-refractivity contribution in [2.24, 2.45) is 0 Å². The molecule has 0 saturated heterocycles. The van der Waals surface area contributed by atoms with Gasteiger partial charge in [-0.3, -0.25) is 0 Å². The molecule has 0 rings (SSSR count). The fourth-order valence-electron chi connectivity index (χ4n) is 3.55. The number of hydrogen-bond acceptors (Lipinski definition) is 1. The summed E-state index contributed by atoms with van der Waals surface area (Å²) < 4.78 is 5.66. The van der Waals surface area contributed by atoms with E-state index in [-0.39, 0.29) is 0 Å². The smallest absolute Gasteiger partial charge is 0.0836 e. The first-order chi connectivity index (χ1) is 12.9. The molecule has 0 aromatic rings. The van der Waals surface area contributed by atoms with Crippen LogP contribution in [0, 0.1) is 6.61 Å². The number of unbranched alkanes of at least 4 members (excludes halogenated alkanes) is 19. The number of ether oxygens (including phenoxy) is 1. The first-order valence-corrected chi connectivity index (χ1v) is 12.3. The van der Waals surface area contributed by atoms with Gasteiger partial charge in [-0.1, -0.05) is 136 Å². The average molecular weight is 368 g/mol. The molecule has 0 aromatic heterocycles. The average Bonchev–Trinajstić information content (AvgIpc) is 2.66. The summed E-state index contributed by atoms with van der Waals surface area (Å²) in [4.78, 5) is 0. The van der Waals surface area contributed by atoms with Crippen LogP contribution in [0.1, 0.15) is 149 Å². The Labute approximate surface area is 167 Å². The Bertz CT molecular complexity index is 202. The van der Waals surface area contributed by atoms with E-state index in [1.165, 1.54) is 128 Å². The molecule has 0 bridgehead atoms. The maximum absolute atomic E-state index is 5.66. The van der Waals surface area contributed by atoms with Crippen molar-refractivity contribution in [2.45, 2.75) is 149 Å². The highest BCUT2D eigenvalue weighted by molar-refractivity contribution is 4.54. The third-order valence-corrected chi connectivity index (χ3v) is 5.41. The Morgan fingerprint density at radius 1 is 0.423 bits per heavy atom.